The average Bonchev–Trinajstić information content (AvgIpc) is 3.23. The number of pyridine rings is 1. The van der Waals surface area contributed by atoms with E-state index in [1.54, 1.807) is 35.1 Å². The van der Waals surface area contributed by atoms with Gasteiger partial charge in [-0.15, -0.1) is 5.10 Å². The van der Waals surface area contributed by atoms with Crippen LogP contribution in [-0.2, 0) is 13.1 Å². The van der Waals surface area contributed by atoms with Gasteiger partial charge in [0.2, 0.25) is 0 Å². The van der Waals surface area contributed by atoms with E-state index in [-0.39, 0.29) is 24.7 Å². The van der Waals surface area contributed by atoms with Crippen molar-refractivity contribution in [2.24, 2.45) is 0 Å². The van der Waals surface area contributed by atoms with Crippen LogP contribution in [0.25, 0.3) is 22.6 Å². The highest BCUT2D eigenvalue weighted by atomic mass is 19.1. The first-order chi connectivity index (χ1) is 13.2. The zero-order valence-electron chi connectivity index (χ0n) is 14.3. The average molecular weight is 368 g/mol. The Labute approximate surface area is 152 Å². The molecule has 0 radical (unpaired) electrons. The molecule has 0 aliphatic rings. The van der Waals surface area contributed by atoms with Crippen LogP contribution in [0.3, 0.4) is 0 Å². The summed E-state index contributed by atoms with van der Waals surface area (Å²) in [4.78, 5) is 19.1. The number of aliphatic hydroxyl groups excluding tert-OH is 1. The third-order valence-corrected chi connectivity index (χ3v) is 4.22. The molecule has 2 N–H and O–H groups in total. The molecule has 0 aliphatic carbocycles. The molecule has 3 aromatic heterocycles. The number of hydrogen-bond acceptors (Lipinski definition) is 5. The molecule has 0 unspecified atom stereocenters. The van der Waals surface area contributed by atoms with Gasteiger partial charge in [0.25, 0.3) is 0 Å². The molecular formula is C18H17FN6O2. The summed E-state index contributed by atoms with van der Waals surface area (Å²) in [6.07, 6.45) is 2.06. The highest BCUT2D eigenvalue weighted by Gasteiger charge is 2.18. The summed E-state index contributed by atoms with van der Waals surface area (Å²) in [5.41, 5.74) is 1.15. The minimum absolute atomic E-state index is 0.0290. The fourth-order valence-corrected chi connectivity index (χ4v) is 2.92. The van der Waals surface area contributed by atoms with Crippen molar-refractivity contribution in [1.82, 2.24) is 29.5 Å². The number of halogens is 1. The molecule has 3 heterocycles. The Morgan fingerprint density at radius 2 is 1.96 bits per heavy atom. The Morgan fingerprint density at radius 3 is 2.78 bits per heavy atom. The Balaban J connectivity index is 1.79. The smallest absolute Gasteiger partial charge is 0.343 e. The number of nitrogens with one attached hydrogen (secondary N) is 1. The van der Waals surface area contributed by atoms with Gasteiger partial charge in [-0.2, -0.15) is 5.10 Å². The Bertz CT molecular complexity index is 1150. The Kier molecular flexibility index (Phi) is 4.51. The number of benzene rings is 1. The van der Waals surface area contributed by atoms with Gasteiger partial charge in [0.05, 0.1) is 11.9 Å². The molecule has 0 spiro atoms. The number of fused-ring (bicyclic) bond motifs is 1. The van der Waals surface area contributed by atoms with Gasteiger partial charge in [0.1, 0.15) is 11.5 Å². The first kappa shape index (κ1) is 17.1. The molecule has 0 saturated heterocycles. The molecule has 4 rings (SSSR count). The maximum atomic E-state index is 14.0. The number of nitrogens with zero attached hydrogens (tertiary/aromatic N) is 5. The summed E-state index contributed by atoms with van der Waals surface area (Å²) < 4.78 is 16.9. The van der Waals surface area contributed by atoms with Crippen LogP contribution in [-0.4, -0.2) is 41.2 Å². The van der Waals surface area contributed by atoms with Crippen LogP contribution in [0.15, 0.2) is 47.4 Å². The van der Waals surface area contributed by atoms with Crippen LogP contribution in [0.1, 0.15) is 12.0 Å². The van der Waals surface area contributed by atoms with E-state index < -0.39 is 0 Å². The number of hydrogen-bond donors (Lipinski definition) is 2. The molecule has 138 valence electrons. The van der Waals surface area contributed by atoms with Crippen LogP contribution in [0.2, 0.25) is 0 Å². The first-order valence-electron chi connectivity index (χ1n) is 8.50. The summed E-state index contributed by atoms with van der Waals surface area (Å²) in [6.45, 7) is 0.479. The molecule has 9 heteroatoms. The van der Waals surface area contributed by atoms with Crippen LogP contribution in [0.4, 0.5) is 4.39 Å². The van der Waals surface area contributed by atoms with Crippen molar-refractivity contribution < 1.29 is 9.50 Å². The lowest BCUT2D eigenvalue weighted by Gasteiger charge is -2.04. The van der Waals surface area contributed by atoms with Crippen LogP contribution >= 0.6 is 0 Å². The van der Waals surface area contributed by atoms with Crippen molar-refractivity contribution in [1.29, 1.82) is 0 Å². The summed E-state index contributed by atoms with van der Waals surface area (Å²) in [7, 11) is 0. The lowest BCUT2D eigenvalue weighted by molar-refractivity contribution is 0.276. The van der Waals surface area contributed by atoms with Crippen molar-refractivity contribution >= 4 is 11.0 Å². The van der Waals surface area contributed by atoms with Gasteiger partial charge < -0.3 is 5.11 Å². The molecule has 0 saturated carbocycles. The van der Waals surface area contributed by atoms with E-state index in [1.807, 2.05) is 6.07 Å². The summed E-state index contributed by atoms with van der Waals surface area (Å²) in [5, 5.41) is 18.4. The van der Waals surface area contributed by atoms with E-state index >= 15 is 0 Å². The van der Waals surface area contributed by atoms with Gasteiger partial charge >= 0.3 is 5.69 Å². The number of aromatic nitrogens is 6. The molecule has 0 atom stereocenters. The lowest BCUT2D eigenvalue weighted by atomic mass is 10.2. The first-order valence-corrected chi connectivity index (χ1v) is 8.50. The van der Waals surface area contributed by atoms with Gasteiger partial charge in [-0.1, -0.05) is 18.2 Å². The molecule has 0 bridgehead atoms. The highest BCUT2D eigenvalue weighted by Crippen LogP contribution is 2.24. The summed E-state index contributed by atoms with van der Waals surface area (Å²) in [5.74, 6) is -0.0106. The fourth-order valence-electron chi connectivity index (χ4n) is 2.92. The monoisotopic (exact) mass is 368 g/mol. The molecule has 0 amide bonds. The number of aromatic amines is 1. The van der Waals surface area contributed by atoms with Crippen LogP contribution in [0.5, 0.6) is 0 Å². The maximum Gasteiger partial charge on any atom is 0.343 e. The molecule has 0 fully saturated rings. The highest BCUT2D eigenvalue weighted by molar-refractivity contribution is 5.89. The van der Waals surface area contributed by atoms with Crippen LogP contribution < -0.4 is 5.69 Å². The quantitative estimate of drug-likeness (QED) is 0.538. The van der Waals surface area contributed by atoms with Crippen molar-refractivity contribution in [3.8, 4) is 11.5 Å². The molecule has 27 heavy (non-hydrogen) atoms. The van der Waals surface area contributed by atoms with E-state index in [2.05, 4.69) is 20.2 Å². The SMILES string of the molecule is O=c1[nH]c(-c2nn(Cc3ccccc3F)c3ncccc23)nn1CCCO. The summed E-state index contributed by atoms with van der Waals surface area (Å²) >= 11 is 0. The van der Waals surface area contributed by atoms with E-state index in [0.717, 1.165) is 0 Å². The van der Waals surface area contributed by atoms with E-state index in [9.17, 15) is 9.18 Å². The normalized spacial score (nSPS) is 11.3. The van der Waals surface area contributed by atoms with Gasteiger partial charge in [-0.25, -0.2) is 23.5 Å². The standard InChI is InChI=1S/C18H17FN6O2/c19-14-7-2-1-5-12(14)11-25-17-13(6-3-8-20-17)15(22-25)16-21-18(27)24(23-16)9-4-10-26/h1-3,5-8,26H,4,9-11H2,(H,21,23,27). The molecule has 1 aromatic carbocycles. The second-order valence-electron chi connectivity index (χ2n) is 6.05. The van der Waals surface area contributed by atoms with Gasteiger partial charge in [-0.3, -0.25) is 4.98 Å². The Hall–Kier alpha value is -3.33. The van der Waals surface area contributed by atoms with Crippen molar-refractivity contribution in [2.75, 3.05) is 6.61 Å². The van der Waals surface area contributed by atoms with Gasteiger partial charge in [-0.05, 0) is 24.6 Å². The zero-order chi connectivity index (χ0) is 18.8. The Morgan fingerprint density at radius 1 is 1.11 bits per heavy atom. The zero-order valence-corrected chi connectivity index (χ0v) is 14.3. The molecule has 0 aliphatic heterocycles. The number of H-pyrrole nitrogens is 1. The van der Waals surface area contributed by atoms with Crippen LogP contribution in [0, 0.1) is 5.82 Å². The van der Waals surface area contributed by atoms with Gasteiger partial charge in [0.15, 0.2) is 11.5 Å². The fraction of sp³-hybridized carbons (Fsp3) is 0.222. The topological polar surface area (TPSA) is 102 Å². The minimum atomic E-state index is -0.376. The van der Waals surface area contributed by atoms with Crippen molar-refractivity contribution in [2.45, 2.75) is 19.5 Å². The van der Waals surface area contributed by atoms with E-state index in [0.29, 0.717) is 41.1 Å². The largest absolute Gasteiger partial charge is 0.396 e. The summed E-state index contributed by atoms with van der Waals surface area (Å²) in [6, 6.07) is 10.1. The molecular weight excluding hydrogens is 351 g/mol. The van der Waals surface area contributed by atoms with Crippen molar-refractivity contribution in [3.05, 3.63) is 64.5 Å². The molecule has 8 nitrogen and oxygen atoms in total. The minimum Gasteiger partial charge on any atom is -0.396 e. The predicted octanol–water partition coefficient (Wildman–Crippen LogP) is 1.55. The third-order valence-electron chi connectivity index (χ3n) is 4.22. The number of rotatable bonds is 6. The maximum absolute atomic E-state index is 14.0. The van der Waals surface area contributed by atoms with E-state index in [1.165, 1.54) is 10.7 Å². The number of aliphatic hydroxyl groups is 1. The third kappa shape index (κ3) is 3.24. The second-order valence-corrected chi connectivity index (χ2v) is 6.05. The molecule has 4 aromatic rings. The van der Waals surface area contributed by atoms with Crippen molar-refractivity contribution in [3.63, 3.8) is 0 Å². The van der Waals surface area contributed by atoms with E-state index in [4.69, 9.17) is 5.11 Å². The lowest BCUT2D eigenvalue weighted by Crippen LogP contribution is -2.18. The van der Waals surface area contributed by atoms with Gasteiger partial charge in [0, 0.05) is 24.9 Å². The predicted molar refractivity (Wildman–Crippen MR) is 96.6 cm³/mol. The number of aryl methyl sites for hydroxylation is 1. The second kappa shape index (κ2) is 7.12.